The minimum Gasteiger partial charge on any atom is -0.319 e. The number of hydrogen-bond acceptors (Lipinski definition) is 1. The summed E-state index contributed by atoms with van der Waals surface area (Å²) in [4.78, 5) is 0. The second-order valence-corrected chi connectivity index (χ2v) is 6.39. The minimum atomic E-state index is 0.273. The first-order valence-corrected chi connectivity index (χ1v) is 6.68. The van der Waals surface area contributed by atoms with E-state index in [0.29, 0.717) is 16.0 Å². The van der Waals surface area contributed by atoms with Crippen molar-refractivity contribution in [2.45, 2.75) is 27.2 Å². The molecule has 1 aromatic carbocycles. The molecule has 0 aliphatic carbocycles. The quantitative estimate of drug-likeness (QED) is 0.857. The van der Waals surface area contributed by atoms with Crippen LogP contribution in [0.1, 0.15) is 26.3 Å². The van der Waals surface area contributed by atoms with Crippen molar-refractivity contribution in [3.63, 3.8) is 0 Å². The molecule has 0 fully saturated rings. The predicted molar refractivity (Wildman–Crippen MR) is 77.0 cm³/mol. The van der Waals surface area contributed by atoms with E-state index in [1.165, 1.54) is 5.56 Å². The second kappa shape index (κ2) is 6.08. The average molecular weight is 274 g/mol. The molecule has 0 spiro atoms. The van der Waals surface area contributed by atoms with Gasteiger partial charge >= 0.3 is 0 Å². The maximum Gasteiger partial charge on any atom is 0.0595 e. The third kappa shape index (κ3) is 4.50. The maximum atomic E-state index is 6.04. The first-order chi connectivity index (χ1) is 7.84. The smallest absolute Gasteiger partial charge is 0.0595 e. The highest BCUT2D eigenvalue weighted by atomic mass is 35.5. The van der Waals surface area contributed by atoms with E-state index in [-0.39, 0.29) is 5.41 Å². The van der Waals surface area contributed by atoms with E-state index in [9.17, 15) is 0 Å². The molecule has 0 bridgehead atoms. The number of benzene rings is 1. The summed E-state index contributed by atoms with van der Waals surface area (Å²) in [5.74, 6) is 0.574. The summed E-state index contributed by atoms with van der Waals surface area (Å²) in [6.07, 6.45) is 1.02. The normalized spacial score (nSPS) is 13.8. The molecule has 1 rings (SSSR count). The van der Waals surface area contributed by atoms with Crippen LogP contribution in [0.15, 0.2) is 18.2 Å². The van der Waals surface area contributed by atoms with Crippen LogP contribution in [0.25, 0.3) is 0 Å². The molecule has 96 valence electrons. The van der Waals surface area contributed by atoms with Crippen LogP contribution in [0.4, 0.5) is 0 Å². The Bertz CT molecular complexity index is 369. The lowest BCUT2D eigenvalue weighted by atomic mass is 9.77. The Morgan fingerprint density at radius 2 is 1.82 bits per heavy atom. The molecule has 1 atom stereocenters. The van der Waals surface area contributed by atoms with E-state index in [0.717, 1.165) is 13.0 Å². The van der Waals surface area contributed by atoms with E-state index < -0.39 is 0 Å². The van der Waals surface area contributed by atoms with Gasteiger partial charge in [-0.15, -0.1) is 0 Å². The van der Waals surface area contributed by atoms with Gasteiger partial charge in [-0.1, -0.05) is 50.0 Å². The molecular weight excluding hydrogens is 253 g/mol. The Hall–Kier alpha value is -0.240. The van der Waals surface area contributed by atoms with Gasteiger partial charge in [-0.2, -0.15) is 0 Å². The molecule has 1 aromatic rings. The second-order valence-electron chi connectivity index (χ2n) is 5.57. The van der Waals surface area contributed by atoms with E-state index in [2.05, 4.69) is 32.2 Å². The summed E-state index contributed by atoms with van der Waals surface area (Å²) in [6.45, 7) is 7.81. The van der Waals surface area contributed by atoms with Crippen LogP contribution in [-0.4, -0.2) is 13.6 Å². The van der Waals surface area contributed by atoms with Gasteiger partial charge in [0.2, 0.25) is 0 Å². The van der Waals surface area contributed by atoms with Gasteiger partial charge in [-0.05, 0) is 49.0 Å². The van der Waals surface area contributed by atoms with Crippen LogP contribution in [0, 0.1) is 11.3 Å². The van der Waals surface area contributed by atoms with Crippen molar-refractivity contribution in [3.05, 3.63) is 33.8 Å². The zero-order valence-electron chi connectivity index (χ0n) is 11.0. The van der Waals surface area contributed by atoms with Crippen LogP contribution in [0.3, 0.4) is 0 Å². The Kier molecular flexibility index (Phi) is 5.30. The van der Waals surface area contributed by atoms with Gasteiger partial charge in [0.05, 0.1) is 10.0 Å². The minimum absolute atomic E-state index is 0.273. The molecule has 0 radical (unpaired) electrons. The molecule has 0 amide bonds. The van der Waals surface area contributed by atoms with Crippen LogP contribution >= 0.6 is 23.2 Å². The molecule has 0 aromatic heterocycles. The molecule has 0 aliphatic heterocycles. The van der Waals surface area contributed by atoms with E-state index in [1.807, 2.05) is 19.2 Å². The fourth-order valence-electron chi connectivity index (χ4n) is 1.88. The van der Waals surface area contributed by atoms with E-state index in [4.69, 9.17) is 23.2 Å². The van der Waals surface area contributed by atoms with Crippen molar-refractivity contribution in [2.24, 2.45) is 11.3 Å². The topological polar surface area (TPSA) is 12.0 Å². The highest BCUT2D eigenvalue weighted by Crippen LogP contribution is 2.30. The fraction of sp³-hybridized carbons (Fsp3) is 0.571. The molecule has 0 aliphatic rings. The number of hydrogen-bond donors (Lipinski definition) is 1. The molecule has 1 N–H and O–H groups in total. The van der Waals surface area contributed by atoms with Crippen LogP contribution in [-0.2, 0) is 6.42 Å². The Balaban J connectivity index is 2.82. The lowest BCUT2D eigenvalue weighted by Crippen LogP contribution is -2.31. The summed E-state index contributed by atoms with van der Waals surface area (Å²) >= 11 is 12.0. The summed E-state index contributed by atoms with van der Waals surface area (Å²) in [7, 11) is 1.99. The lowest BCUT2D eigenvalue weighted by molar-refractivity contribution is 0.235. The molecule has 0 saturated carbocycles. The van der Waals surface area contributed by atoms with Crippen molar-refractivity contribution >= 4 is 23.2 Å². The Morgan fingerprint density at radius 1 is 1.18 bits per heavy atom. The molecule has 17 heavy (non-hydrogen) atoms. The highest BCUT2D eigenvalue weighted by molar-refractivity contribution is 6.42. The zero-order valence-corrected chi connectivity index (χ0v) is 12.5. The molecular formula is C14H21Cl2N. The van der Waals surface area contributed by atoms with Crippen LogP contribution < -0.4 is 5.32 Å². The van der Waals surface area contributed by atoms with Crippen molar-refractivity contribution < 1.29 is 0 Å². The van der Waals surface area contributed by atoms with Crippen molar-refractivity contribution in [1.29, 1.82) is 0 Å². The third-order valence-electron chi connectivity index (χ3n) is 3.14. The standard InChI is InChI=1S/C14H21Cl2N/c1-14(2,3)11(9-17-4)7-10-5-6-12(15)13(16)8-10/h5-6,8,11,17H,7,9H2,1-4H3. The van der Waals surface area contributed by atoms with Gasteiger partial charge in [0.25, 0.3) is 0 Å². The summed E-state index contributed by atoms with van der Waals surface area (Å²) in [6, 6.07) is 5.90. The fourth-order valence-corrected chi connectivity index (χ4v) is 2.20. The molecule has 3 heteroatoms. The first-order valence-electron chi connectivity index (χ1n) is 5.93. The van der Waals surface area contributed by atoms with Crippen LogP contribution in [0.5, 0.6) is 0 Å². The molecule has 0 saturated heterocycles. The van der Waals surface area contributed by atoms with Gasteiger partial charge in [0, 0.05) is 0 Å². The van der Waals surface area contributed by atoms with Crippen molar-refractivity contribution in [1.82, 2.24) is 5.32 Å². The summed E-state index contributed by atoms with van der Waals surface area (Å²) < 4.78 is 0. The van der Waals surface area contributed by atoms with Crippen LogP contribution in [0.2, 0.25) is 10.0 Å². The van der Waals surface area contributed by atoms with Gasteiger partial charge in [0.1, 0.15) is 0 Å². The zero-order chi connectivity index (χ0) is 13.1. The Morgan fingerprint density at radius 3 is 2.29 bits per heavy atom. The van der Waals surface area contributed by atoms with E-state index >= 15 is 0 Å². The summed E-state index contributed by atoms with van der Waals surface area (Å²) in [5, 5.41) is 4.52. The lowest BCUT2D eigenvalue weighted by Gasteiger charge is -2.31. The number of nitrogens with one attached hydrogen (secondary N) is 1. The monoisotopic (exact) mass is 273 g/mol. The summed E-state index contributed by atoms with van der Waals surface area (Å²) in [5.41, 5.74) is 1.52. The van der Waals surface area contributed by atoms with Gasteiger partial charge in [0.15, 0.2) is 0 Å². The van der Waals surface area contributed by atoms with Gasteiger partial charge in [-0.3, -0.25) is 0 Å². The Labute approximate surface area is 115 Å². The molecule has 1 nitrogen and oxygen atoms in total. The average Bonchev–Trinajstić information content (AvgIpc) is 2.21. The van der Waals surface area contributed by atoms with Gasteiger partial charge in [-0.25, -0.2) is 0 Å². The third-order valence-corrected chi connectivity index (χ3v) is 3.88. The van der Waals surface area contributed by atoms with E-state index in [1.54, 1.807) is 0 Å². The largest absolute Gasteiger partial charge is 0.319 e. The van der Waals surface area contributed by atoms with Crippen molar-refractivity contribution in [3.8, 4) is 0 Å². The van der Waals surface area contributed by atoms with Crippen molar-refractivity contribution in [2.75, 3.05) is 13.6 Å². The predicted octanol–water partition coefficient (Wildman–Crippen LogP) is 4.42. The maximum absolute atomic E-state index is 6.04. The highest BCUT2D eigenvalue weighted by Gasteiger charge is 2.24. The SMILES string of the molecule is CNCC(Cc1ccc(Cl)c(Cl)c1)C(C)(C)C. The first kappa shape index (κ1) is 14.8. The molecule has 1 unspecified atom stereocenters. The van der Waals surface area contributed by atoms with Gasteiger partial charge < -0.3 is 5.32 Å². The molecule has 0 heterocycles. The number of rotatable bonds is 4. The number of halogens is 2.